The highest BCUT2D eigenvalue weighted by atomic mass is 28.4. The lowest BCUT2D eigenvalue weighted by Gasteiger charge is -2.30. The minimum Gasteiger partial charge on any atom is -0.386 e. The average molecular weight is 335 g/mol. The molecule has 4 nitrogen and oxygen atoms in total. The third kappa shape index (κ3) is 2.87. The smallest absolute Gasteiger partial charge is 0.282 e. The van der Waals surface area contributed by atoms with Crippen LogP contribution in [-0.2, 0) is 14.0 Å². The second-order valence-electron chi connectivity index (χ2n) is 5.38. The van der Waals surface area contributed by atoms with Crippen molar-refractivity contribution in [2.75, 3.05) is 6.73 Å². The van der Waals surface area contributed by atoms with E-state index in [9.17, 15) is 9.59 Å². The Kier molecular flexibility index (Phi) is 4.55. The van der Waals surface area contributed by atoms with E-state index in [1.807, 2.05) is 66.4 Å². The summed E-state index contributed by atoms with van der Waals surface area (Å²) < 4.78 is 6.24. The van der Waals surface area contributed by atoms with Crippen LogP contribution in [0.3, 0.4) is 0 Å². The summed E-state index contributed by atoms with van der Waals surface area (Å²) in [5.41, 5.74) is 1.83. The molecule has 0 fully saturated rings. The zero-order chi connectivity index (χ0) is 17.0. The van der Waals surface area contributed by atoms with Crippen molar-refractivity contribution in [2.45, 2.75) is 0 Å². The van der Waals surface area contributed by atoms with Crippen molar-refractivity contribution >= 4 is 30.5 Å². The van der Waals surface area contributed by atoms with Crippen LogP contribution < -0.4 is 10.4 Å². The summed E-state index contributed by atoms with van der Waals surface area (Å²) in [6.07, 6.45) is 2.52. The Hall–Kier alpha value is -2.76. The number of hydrogen-bond donors (Lipinski definition) is 0. The van der Waals surface area contributed by atoms with Crippen LogP contribution in [0.1, 0.15) is 0 Å². The number of nitrogens with zero attached hydrogens (tertiary/aromatic N) is 1. The summed E-state index contributed by atoms with van der Waals surface area (Å²) >= 11 is 0. The van der Waals surface area contributed by atoms with Crippen LogP contribution in [-0.4, -0.2) is 31.8 Å². The summed E-state index contributed by atoms with van der Waals surface area (Å²) in [6.45, 7) is 3.91. The molecule has 0 N–H and O–H groups in total. The molecule has 0 unspecified atom stereocenters. The quantitative estimate of drug-likeness (QED) is 0.592. The van der Waals surface area contributed by atoms with Gasteiger partial charge in [0.1, 0.15) is 6.73 Å². The molecule has 0 spiro atoms. The third-order valence-electron chi connectivity index (χ3n) is 4.01. The number of imide groups is 1. The van der Waals surface area contributed by atoms with Crippen molar-refractivity contribution in [2.24, 2.45) is 0 Å². The van der Waals surface area contributed by atoms with Gasteiger partial charge in [-0.05, 0) is 10.4 Å². The topological polar surface area (TPSA) is 46.6 Å². The van der Waals surface area contributed by atoms with Gasteiger partial charge >= 0.3 is 0 Å². The second-order valence-corrected chi connectivity index (χ2v) is 8.71. The van der Waals surface area contributed by atoms with E-state index in [0.717, 1.165) is 15.3 Å². The average Bonchev–Trinajstić information content (AvgIpc) is 2.96. The molecule has 1 aliphatic heterocycles. The largest absolute Gasteiger partial charge is 0.386 e. The molecule has 24 heavy (non-hydrogen) atoms. The molecule has 0 saturated heterocycles. The first-order valence-electron chi connectivity index (χ1n) is 7.59. The minimum absolute atomic E-state index is 0.0906. The SMILES string of the molecule is C=C[Si](OCN1C(=O)C=CC1=O)(c1ccccc1)c1ccccc1. The fourth-order valence-electron chi connectivity index (χ4n) is 2.72. The van der Waals surface area contributed by atoms with E-state index in [-0.39, 0.29) is 18.5 Å². The van der Waals surface area contributed by atoms with Gasteiger partial charge < -0.3 is 4.43 Å². The van der Waals surface area contributed by atoms with Crippen LogP contribution in [0.25, 0.3) is 0 Å². The Morgan fingerprint density at radius 3 is 1.75 bits per heavy atom. The minimum atomic E-state index is -2.76. The van der Waals surface area contributed by atoms with E-state index in [4.69, 9.17) is 4.43 Å². The summed E-state index contributed by atoms with van der Waals surface area (Å²) in [6, 6.07) is 19.6. The van der Waals surface area contributed by atoms with Gasteiger partial charge in [0.05, 0.1) is 0 Å². The predicted molar refractivity (Wildman–Crippen MR) is 95.0 cm³/mol. The van der Waals surface area contributed by atoms with E-state index in [0.29, 0.717) is 0 Å². The number of carbonyl (C=O) groups excluding carboxylic acids is 2. The second kappa shape index (κ2) is 6.78. The van der Waals surface area contributed by atoms with Crippen molar-refractivity contribution in [1.29, 1.82) is 0 Å². The maximum atomic E-state index is 11.8. The van der Waals surface area contributed by atoms with Gasteiger partial charge in [-0.25, -0.2) is 0 Å². The van der Waals surface area contributed by atoms with Crippen molar-refractivity contribution in [3.05, 3.63) is 85.1 Å². The monoisotopic (exact) mass is 335 g/mol. The van der Waals surface area contributed by atoms with Crippen molar-refractivity contribution in [3.63, 3.8) is 0 Å². The van der Waals surface area contributed by atoms with Gasteiger partial charge in [0.25, 0.3) is 20.1 Å². The van der Waals surface area contributed by atoms with Crippen molar-refractivity contribution in [1.82, 2.24) is 4.90 Å². The first-order chi connectivity index (χ1) is 11.7. The summed E-state index contributed by atoms with van der Waals surface area (Å²) in [5.74, 6) is -0.707. The van der Waals surface area contributed by atoms with E-state index in [2.05, 4.69) is 6.58 Å². The maximum absolute atomic E-state index is 11.8. The van der Waals surface area contributed by atoms with E-state index >= 15 is 0 Å². The molecule has 2 aromatic carbocycles. The molecule has 1 heterocycles. The Bertz CT molecular complexity index is 729. The molecule has 0 saturated carbocycles. The number of amides is 2. The van der Waals surface area contributed by atoms with Gasteiger partial charge in [0, 0.05) is 12.2 Å². The molecular formula is C19H17NO3Si. The van der Waals surface area contributed by atoms with Gasteiger partial charge in [-0.2, -0.15) is 0 Å². The summed E-state index contributed by atoms with van der Waals surface area (Å²) in [4.78, 5) is 24.7. The first-order valence-corrected chi connectivity index (χ1v) is 9.58. The fourth-order valence-corrected chi connectivity index (χ4v) is 5.69. The molecule has 0 bridgehead atoms. The molecule has 1 aliphatic rings. The lowest BCUT2D eigenvalue weighted by Crippen LogP contribution is -2.61. The zero-order valence-corrected chi connectivity index (χ0v) is 14.1. The molecule has 0 radical (unpaired) electrons. The number of benzene rings is 2. The number of rotatable bonds is 6. The van der Waals surface area contributed by atoms with Gasteiger partial charge in [-0.15, -0.1) is 6.58 Å². The molecule has 2 aromatic rings. The number of hydrogen-bond acceptors (Lipinski definition) is 3. The number of carbonyl (C=O) groups is 2. The Balaban J connectivity index is 1.98. The Labute approximate surface area is 141 Å². The highest BCUT2D eigenvalue weighted by Gasteiger charge is 2.38. The van der Waals surface area contributed by atoms with Crippen LogP contribution in [0.4, 0.5) is 0 Å². The first kappa shape index (κ1) is 16.1. The lowest BCUT2D eigenvalue weighted by molar-refractivity contribution is -0.140. The normalized spacial score (nSPS) is 14.2. The van der Waals surface area contributed by atoms with Crippen LogP contribution in [0, 0.1) is 0 Å². The van der Waals surface area contributed by atoms with E-state index in [1.165, 1.54) is 12.2 Å². The molecule has 3 rings (SSSR count). The van der Waals surface area contributed by atoms with Crippen LogP contribution in [0.15, 0.2) is 85.1 Å². The van der Waals surface area contributed by atoms with Gasteiger partial charge in [0.15, 0.2) is 0 Å². The van der Waals surface area contributed by atoms with Gasteiger partial charge in [-0.3, -0.25) is 14.5 Å². The van der Waals surface area contributed by atoms with Crippen LogP contribution >= 0.6 is 0 Å². The summed E-state index contributed by atoms with van der Waals surface area (Å²) in [7, 11) is -2.76. The molecule has 0 atom stereocenters. The molecule has 2 amide bonds. The highest BCUT2D eigenvalue weighted by molar-refractivity contribution is 7.01. The van der Waals surface area contributed by atoms with Crippen molar-refractivity contribution < 1.29 is 14.0 Å². The molecule has 0 aliphatic carbocycles. The Morgan fingerprint density at radius 1 is 0.875 bits per heavy atom. The van der Waals surface area contributed by atoms with Crippen LogP contribution in [0.5, 0.6) is 0 Å². The molecule has 120 valence electrons. The van der Waals surface area contributed by atoms with E-state index in [1.54, 1.807) is 0 Å². The van der Waals surface area contributed by atoms with Gasteiger partial charge in [-0.1, -0.05) is 66.4 Å². The lowest BCUT2D eigenvalue weighted by atomic mass is 10.4. The third-order valence-corrected chi connectivity index (χ3v) is 7.56. The predicted octanol–water partition coefficient (Wildman–Crippen LogP) is 1.37. The van der Waals surface area contributed by atoms with Crippen molar-refractivity contribution in [3.8, 4) is 0 Å². The standard InChI is InChI=1S/C19H17NO3Si/c1-2-24(16-9-5-3-6-10-16,17-11-7-4-8-12-17)23-15-20-18(21)13-14-19(20)22/h2-14H,1,15H2. The zero-order valence-electron chi connectivity index (χ0n) is 13.1. The van der Waals surface area contributed by atoms with Gasteiger partial charge in [0.2, 0.25) is 0 Å². The van der Waals surface area contributed by atoms with Crippen LogP contribution in [0.2, 0.25) is 0 Å². The maximum Gasteiger partial charge on any atom is 0.282 e. The van der Waals surface area contributed by atoms with E-state index < -0.39 is 8.32 Å². The molecule has 0 aromatic heterocycles. The summed E-state index contributed by atoms with van der Waals surface area (Å²) in [5, 5.41) is 2.02. The molecular weight excluding hydrogens is 318 g/mol. The highest BCUT2D eigenvalue weighted by Crippen LogP contribution is 2.12. The molecule has 5 heteroatoms. The fraction of sp³-hybridized carbons (Fsp3) is 0.0526. The Morgan fingerprint density at radius 2 is 1.33 bits per heavy atom.